The molecule has 1 aliphatic heterocycles. The van der Waals surface area contributed by atoms with Gasteiger partial charge >= 0.3 is 5.97 Å². The van der Waals surface area contributed by atoms with Crippen LogP contribution in [-0.2, 0) is 16.1 Å². The van der Waals surface area contributed by atoms with Crippen molar-refractivity contribution < 1.29 is 13.9 Å². The molecule has 0 radical (unpaired) electrons. The molecule has 0 saturated carbocycles. The van der Waals surface area contributed by atoms with Crippen molar-refractivity contribution in [3.63, 3.8) is 0 Å². The number of ether oxygens (including phenoxy) is 1. The van der Waals surface area contributed by atoms with E-state index in [1.165, 1.54) is 7.11 Å². The highest BCUT2D eigenvalue weighted by molar-refractivity contribution is 5.82. The maximum Gasteiger partial charge on any atom is 0.310 e. The summed E-state index contributed by atoms with van der Waals surface area (Å²) < 4.78 is 10.7. The first kappa shape index (κ1) is 16.4. The number of hydrogen-bond acceptors (Lipinski definition) is 4. The molecule has 24 heavy (non-hydrogen) atoms. The molecule has 1 aromatic heterocycles. The van der Waals surface area contributed by atoms with Crippen molar-refractivity contribution in [3.8, 4) is 0 Å². The average molecular weight is 329 g/mol. The second-order valence-corrected chi connectivity index (χ2v) is 6.16. The Balaban J connectivity index is 1.64. The predicted molar refractivity (Wildman–Crippen MR) is 92.7 cm³/mol. The molecule has 0 amide bonds. The third kappa shape index (κ3) is 3.22. The van der Waals surface area contributed by atoms with Gasteiger partial charge in [0.05, 0.1) is 19.6 Å². The van der Waals surface area contributed by atoms with Crippen LogP contribution in [0.15, 0.2) is 39.7 Å². The van der Waals surface area contributed by atoms with Crippen molar-refractivity contribution in [2.45, 2.75) is 13.5 Å². The number of esters is 1. The Morgan fingerprint density at radius 1 is 1.42 bits per heavy atom. The van der Waals surface area contributed by atoms with E-state index in [0.29, 0.717) is 13.1 Å². The number of hydrogen-bond donors (Lipinski definition) is 1. The summed E-state index contributed by atoms with van der Waals surface area (Å²) in [6.07, 6.45) is 0. The summed E-state index contributed by atoms with van der Waals surface area (Å²) in [5, 5.41) is 4.40. The van der Waals surface area contributed by atoms with Crippen molar-refractivity contribution in [1.82, 2.24) is 10.2 Å². The summed E-state index contributed by atoms with van der Waals surface area (Å²) in [5.74, 6) is 1.60. The lowest BCUT2D eigenvalue weighted by atomic mass is 9.99. The number of carbonyl (C=O) groups excluding carboxylic acids is 1. The lowest BCUT2D eigenvalue weighted by molar-refractivity contribution is -0.145. The van der Waals surface area contributed by atoms with Gasteiger partial charge in [0.15, 0.2) is 5.96 Å². The Morgan fingerprint density at radius 3 is 2.92 bits per heavy atom. The monoisotopic (exact) mass is 329 g/mol. The summed E-state index contributed by atoms with van der Waals surface area (Å²) in [4.78, 5) is 18.3. The van der Waals surface area contributed by atoms with E-state index in [4.69, 9.17) is 9.15 Å². The van der Waals surface area contributed by atoms with Gasteiger partial charge in [0.1, 0.15) is 11.3 Å². The molecule has 0 spiro atoms. The summed E-state index contributed by atoms with van der Waals surface area (Å²) >= 11 is 0. The van der Waals surface area contributed by atoms with E-state index in [-0.39, 0.29) is 17.8 Å². The molecule has 1 aromatic carbocycles. The minimum absolute atomic E-state index is 0.111. The minimum atomic E-state index is -0.155. The highest BCUT2D eigenvalue weighted by Gasteiger charge is 2.36. The zero-order valence-electron chi connectivity index (χ0n) is 14.3. The van der Waals surface area contributed by atoms with E-state index in [0.717, 1.165) is 29.2 Å². The average Bonchev–Trinajstić information content (AvgIpc) is 3.18. The van der Waals surface area contributed by atoms with Gasteiger partial charge in [-0.1, -0.05) is 25.1 Å². The summed E-state index contributed by atoms with van der Waals surface area (Å²) in [6.45, 7) is 4.01. The van der Waals surface area contributed by atoms with Gasteiger partial charge < -0.3 is 19.4 Å². The van der Waals surface area contributed by atoms with Crippen molar-refractivity contribution in [1.29, 1.82) is 0 Å². The van der Waals surface area contributed by atoms with E-state index in [2.05, 4.69) is 22.1 Å². The molecule has 1 aliphatic rings. The van der Waals surface area contributed by atoms with Crippen LogP contribution in [0.3, 0.4) is 0 Å². The molecule has 6 nitrogen and oxygen atoms in total. The number of guanidine groups is 1. The number of furan rings is 1. The highest BCUT2D eigenvalue weighted by atomic mass is 16.5. The molecule has 2 unspecified atom stereocenters. The SMILES string of the molecule is CN=C(NCc1cc2ccccc2o1)N1CC(C)C(C(=O)OC)C1. The first-order valence-corrected chi connectivity index (χ1v) is 8.13. The van der Waals surface area contributed by atoms with Crippen molar-refractivity contribution >= 4 is 22.9 Å². The van der Waals surface area contributed by atoms with Gasteiger partial charge in [-0.2, -0.15) is 0 Å². The molecular formula is C18H23N3O3. The molecule has 6 heteroatoms. The smallest absolute Gasteiger partial charge is 0.310 e. The first-order valence-electron chi connectivity index (χ1n) is 8.13. The van der Waals surface area contributed by atoms with Crippen LogP contribution in [0.5, 0.6) is 0 Å². The van der Waals surface area contributed by atoms with Gasteiger partial charge in [-0.15, -0.1) is 0 Å². The Bertz CT molecular complexity index is 720. The lowest BCUT2D eigenvalue weighted by Gasteiger charge is -2.21. The first-order chi connectivity index (χ1) is 11.6. The summed E-state index contributed by atoms with van der Waals surface area (Å²) in [6, 6.07) is 9.96. The number of nitrogens with one attached hydrogen (secondary N) is 1. The van der Waals surface area contributed by atoms with Crippen LogP contribution in [0.4, 0.5) is 0 Å². The number of fused-ring (bicyclic) bond motifs is 1. The Kier molecular flexibility index (Phi) is 4.74. The van der Waals surface area contributed by atoms with Gasteiger partial charge in [-0.3, -0.25) is 9.79 Å². The third-order valence-corrected chi connectivity index (χ3v) is 4.52. The molecule has 2 atom stereocenters. The molecular weight excluding hydrogens is 306 g/mol. The summed E-state index contributed by atoms with van der Waals surface area (Å²) in [5.41, 5.74) is 0.879. The minimum Gasteiger partial charge on any atom is -0.469 e. The fourth-order valence-corrected chi connectivity index (χ4v) is 3.22. The van der Waals surface area contributed by atoms with Crippen LogP contribution < -0.4 is 5.32 Å². The molecule has 2 heterocycles. The fourth-order valence-electron chi connectivity index (χ4n) is 3.22. The largest absolute Gasteiger partial charge is 0.469 e. The highest BCUT2D eigenvalue weighted by Crippen LogP contribution is 2.24. The molecule has 0 bridgehead atoms. The number of aliphatic imine (C=N–C) groups is 1. The van der Waals surface area contributed by atoms with Gasteiger partial charge in [-0.05, 0) is 18.1 Å². The van der Waals surface area contributed by atoms with Crippen LogP contribution in [0, 0.1) is 11.8 Å². The van der Waals surface area contributed by atoms with E-state index in [1.807, 2.05) is 30.3 Å². The van der Waals surface area contributed by atoms with Crippen molar-refractivity contribution in [2.75, 3.05) is 27.2 Å². The van der Waals surface area contributed by atoms with Crippen molar-refractivity contribution in [2.24, 2.45) is 16.8 Å². The standard InChI is InChI=1S/C18H23N3O3/c1-12-10-21(11-15(12)17(22)23-3)18(19-2)20-9-14-8-13-6-4-5-7-16(13)24-14/h4-8,12,15H,9-11H2,1-3H3,(H,19,20). The fraction of sp³-hybridized carbons (Fsp3) is 0.444. The molecule has 128 valence electrons. The maximum absolute atomic E-state index is 11.8. The molecule has 1 fully saturated rings. The number of methoxy groups -OCH3 is 1. The van der Waals surface area contributed by atoms with E-state index >= 15 is 0 Å². The quantitative estimate of drug-likeness (QED) is 0.531. The number of benzene rings is 1. The Morgan fingerprint density at radius 2 is 2.21 bits per heavy atom. The van der Waals surface area contributed by atoms with E-state index in [1.54, 1.807) is 7.05 Å². The van der Waals surface area contributed by atoms with Gasteiger partial charge in [0, 0.05) is 25.5 Å². The zero-order chi connectivity index (χ0) is 17.1. The van der Waals surface area contributed by atoms with E-state index in [9.17, 15) is 4.79 Å². The zero-order valence-corrected chi connectivity index (χ0v) is 14.3. The molecule has 1 saturated heterocycles. The van der Waals surface area contributed by atoms with Crippen LogP contribution >= 0.6 is 0 Å². The van der Waals surface area contributed by atoms with Gasteiger partial charge in [0.2, 0.25) is 0 Å². The van der Waals surface area contributed by atoms with Crippen molar-refractivity contribution in [3.05, 3.63) is 36.1 Å². The summed E-state index contributed by atoms with van der Waals surface area (Å²) in [7, 11) is 3.18. The topological polar surface area (TPSA) is 67.1 Å². The third-order valence-electron chi connectivity index (χ3n) is 4.52. The van der Waals surface area contributed by atoms with Gasteiger partial charge in [-0.25, -0.2) is 0 Å². The van der Waals surface area contributed by atoms with Crippen LogP contribution in [0.1, 0.15) is 12.7 Å². The van der Waals surface area contributed by atoms with Crippen LogP contribution in [0.25, 0.3) is 11.0 Å². The maximum atomic E-state index is 11.8. The lowest BCUT2D eigenvalue weighted by Crippen LogP contribution is -2.40. The number of rotatable bonds is 3. The van der Waals surface area contributed by atoms with E-state index < -0.39 is 0 Å². The molecule has 1 N–H and O–H groups in total. The second-order valence-electron chi connectivity index (χ2n) is 6.16. The normalized spacial score (nSPS) is 21.3. The van der Waals surface area contributed by atoms with Crippen LogP contribution in [0.2, 0.25) is 0 Å². The van der Waals surface area contributed by atoms with Crippen LogP contribution in [-0.4, -0.2) is 44.1 Å². The Hall–Kier alpha value is -2.50. The number of nitrogens with zero attached hydrogens (tertiary/aromatic N) is 2. The molecule has 2 aromatic rings. The molecule has 3 rings (SSSR count). The van der Waals surface area contributed by atoms with Gasteiger partial charge in [0.25, 0.3) is 0 Å². The second kappa shape index (κ2) is 6.95. The molecule has 0 aliphatic carbocycles. The number of carbonyl (C=O) groups is 1. The predicted octanol–water partition coefficient (Wildman–Crippen LogP) is 2.25. The number of para-hydroxylation sites is 1. The number of likely N-dealkylation sites (tertiary alicyclic amines) is 1. The Labute approximate surface area is 141 Å².